The summed E-state index contributed by atoms with van der Waals surface area (Å²) in [6.07, 6.45) is 2.15. The van der Waals surface area contributed by atoms with E-state index in [-0.39, 0.29) is 17.8 Å². The Balaban J connectivity index is 1.55. The van der Waals surface area contributed by atoms with Gasteiger partial charge in [0.05, 0.1) is 24.7 Å². The van der Waals surface area contributed by atoms with Crippen LogP contribution in [-0.4, -0.2) is 52.2 Å². The molecular weight excluding hydrogens is 464 g/mol. The molecule has 3 heterocycles. The molecule has 1 spiro atoms. The van der Waals surface area contributed by atoms with Gasteiger partial charge in [-0.05, 0) is 42.6 Å². The number of carbonyl (C=O) groups excluding carboxylic acids is 2. The van der Waals surface area contributed by atoms with Gasteiger partial charge in [-0.1, -0.05) is 34.6 Å². The molecule has 1 aromatic heterocycles. The zero-order chi connectivity index (χ0) is 26.1. The highest BCUT2D eigenvalue weighted by Gasteiger charge is 2.89. The van der Waals surface area contributed by atoms with Gasteiger partial charge in [-0.3, -0.25) is 4.79 Å². The van der Waals surface area contributed by atoms with Crippen LogP contribution in [-0.2, 0) is 23.8 Å². The Hall–Kier alpha value is -1.90. The Morgan fingerprint density at radius 2 is 1.78 bits per heavy atom. The molecule has 1 aromatic rings. The average Bonchev–Trinajstić information content (AvgIpc) is 3.36. The number of fused-ring (bicyclic) bond motifs is 3. The number of aliphatic hydroxyl groups excluding tert-OH is 2. The van der Waals surface area contributed by atoms with Gasteiger partial charge in [0.15, 0.2) is 6.10 Å². The smallest absolute Gasteiger partial charge is 0.339 e. The number of hydrogen-bond acceptors (Lipinski definition) is 8. The second-order valence-corrected chi connectivity index (χ2v) is 13.2. The molecule has 0 amide bonds. The minimum absolute atomic E-state index is 0.0932. The molecule has 3 aliphatic carbocycles. The Kier molecular flexibility index (Phi) is 4.85. The van der Waals surface area contributed by atoms with Crippen molar-refractivity contribution in [3.05, 3.63) is 24.2 Å². The number of cyclic esters (lactones) is 1. The van der Waals surface area contributed by atoms with Crippen LogP contribution in [0.4, 0.5) is 0 Å². The number of aliphatic hydroxyl groups is 2. The van der Waals surface area contributed by atoms with E-state index in [1.807, 2.05) is 6.07 Å². The standard InChI is InChI=1S/C28H38O8/c1-14(29)34-20-11-17-24(2,3)18(30)12-19(31)26(17,5)16-7-9-25(4)21(15-8-10-33-13-15)35-23(32)22-28(25,36-22)27(16,20)6/h8,10,13,16-22,30-31H,7,9,11-12H2,1-6H3/t16?,17?,18-,19+,20-,21+,22?,25+,26-,27+,28?/m1/s1. The van der Waals surface area contributed by atoms with Gasteiger partial charge >= 0.3 is 11.9 Å². The van der Waals surface area contributed by atoms with Gasteiger partial charge in [-0.25, -0.2) is 4.79 Å². The summed E-state index contributed by atoms with van der Waals surface area (Å²) in [5, 5.41) is 22.6. The third kappa shape index (κ3) is 2.56. The molecule has 4 unspecified atom stereocenters. The van der Waals surface area contributed by atoms with Gasteiger partial charge in [-0.15, -0.1) is 0 Å². The molecule has 0 radical (unpaired) electrons. The van der Waals surface area contributed by atoms with Crippen LogP contribution in [0.25, 0.3) is 0 Å². The first-order valence-corrected chi connectivity index (χ1v) is 13.2. The zero-order valence-electron chi connectivity index (χ0n) is 21.9. The van der Waals surface area contributed by atoms with Crippen molar-refractivity contribution in [2.75, 3.05) is 0 Å². The van der Waals surface area contributed by atoms with E-state index in [4.69, 9.17) is 18.6 Å². The lowest BCUT2D eigenvalue weighted by atomic mass is 9.34. The molecule has 36 heavy (non-hydrogen) atoms. The first-order valence-electron chi connectivity index (χ1n) is 13.2. The Morgan fingerprint density at radius 3 is 2.42 bits per heavy atom. The number of hydrogen-bond donors (Lipinski definition) is 2. The third-order valence-electron chi connectivity index (χ3n) is 11.7. The summed E-state index contributed by atoms with van der Waals surface area (Å²) >= 11 is 0. The predicted molar refractivity (Wildman–Crippen MR) is 126 cm³/mol. The number of carbonyl (C=O) groups is 2. The fraction of sp³-hybridized carbons (Fsp3) is 0.786. The number of rotatable bonds is 2. The molecule has 8 heteroatoms. The normalized spacial score (nSPS) is 52.7. The van der Waals surface area contributed by atoms with Crippen molar-refractivity contribution in [3.63, 3.8) is 0 Å². The van der Waals surface area contributed by atoms with E-state index in [1.54, 1.807) is 12.5 Å². The van der Waals surface area contributed by atoms with Crippen LogP contribution in [0.15, 0.2) is 23.0 Å². The minimum Gasteiger partial charge on any atom is -0.472 e. The summed E-state index contributed by atoms with van der Waals surface area (Å²) in [6, 6.07) is 1.82. The van der Waals surface area contributed by atoms with Gasteiger partial charge in [-0.2, -0.15) is 0 Å². The zero-order valence-corrected chi connectivity index (χ0v) is 21.9. The minimum atomic E-state index is -0.922. The fourth-order valence-corrected chi connectivity index (χ4v) is 9.83. The van der Waals surface area contributed by atoms with Gasteiger partial charge in [0.25, 0.3) is 0 Å². The van der Waals surface area contributed by atoms with Crippen LogP contribution in [0.2, 0.25) is 0 Å². The molecule has 6 rings (SSSR count). The second-order valence-electron chi connectivity index (χ2n) is 13.2. The van der Waals surface area contributed by atoms with Crippen LogP contribution in [0.5, 0.6) is 0 Å². The van der Waals surface area contributed by atoms with Gasteiger partial charge in [0.1, 0.15) is 17.8 Å². The van der Waals surface area contributed by atoms with Crippen molar-refractivity contribution >= 4 is 11.9 Å². The molecule has 2 saturated heterocycles. The molecule has 5 fully saturated rings. The van der Waals surface area contributed by atoms with Crippen molar-refractivity contribution < 1.29 is 38.4 Å². The van der Waals surface area contributed by atoms with E-state index in [9.17, 15) is 19.8 Å². The SMILES string of the molecule is CC(=O)O[C@@H]1CC2C(C)(C)[C@H](O)C[C@H](O)[C@]2(C)C2CC[C@@]3(C)[C@H](c4ccoc4)OC(=O)C4OC43[C@@]21C. The summed E-state index contributed by atoms with van der Waals surface area (Å²) in [4.78, 5) is 25.7. The lowest BCUT2D eigenvalue weighted by molar-refractivity contribution is -0.295. The Labute approximate surface area is 211 Å². The number of epoxide rings is 1. The van der Waals surface area contributed by atoms with Gasteiger partial charge in [0, 0.05) is 35.2 Å². The fourth-order valence-electron chi connectivity index (χ4n) is 9.83. The first kappa shape index (κ1) is 24.4. The van der Waals surface area contributed by atoms with Crippen molar-refractivity contribution in [1.29, 1.82) is 0 Å². The summed E-state index contributed by atoms with van der Waals surface area (Å²) in [5.74, 6) is -0.994. The largest absolute Gasteiger partial charge is 0.472 e. The molecule has 2 N–H and O–H groups in total. The molecular formula is C28H38O8. The summed E-state index contributed by atoms with van der Waals surface area (Å²) < 4.78 is 24.0. The van der Waals surface area contributed by atoms with Crippen LogP contribution < -0.4 is 0 Å². The maximum absolute atomic E-state index is 13.3. The summed E-state index contributed by atoms with van der Waals surface area (Å²) in [6.45, 7) is 11.9. The van der Waals surface area contributed by atoms with E-state index < -0.39 is 63.8 Å². The second kappa shape index (κ2) is 7.14. The van der Waals surface area contributed by atoms with Gasteiger partial charge < -0.3 is 28.8 Å². The van der Waals surface area contributed by atoms with Crippen molar-refractivity contribution in [3.8, 4) is 0 Å². The van der Waals surface area contributed by atoms with E-state index in [2.05, 4.69) is 34.6 Å². The maximum Gasteiger partial charge on any atom is 0.339 e. The topological polar surface area (TPSA) is 119 Å². The average molecular weight is 503 g/mol. The lowest BCUT2D eigenvalue weighted by Gasteiger charge is -2.71. The molecule has 8 nitrogen and oxygen atoms in total. The van der Waals surface area contributed by atoms with Crippen molar-refractivity contribution in [1.82, 2.24) is 0 Å². The van der Waals surface area contributed by atoms with Crippen LogP contribution in [0.1, 0.15) is 78.9 Å². The molecule has 2 aliphatic heterocycles. The summed E-state index contributed by atoms with van der Waals surface area (Å²) in [7, 11) is 0. The molecule has 11 atom stereocenters. The Bertz CT molecular complexity index is 1100. The van der Waals surface area contributed by atoms with Gasteiger partial charge in [0.2, 0.25) is 0 Å². The quantitative estimate of drug-likeness (QED) is 0.466. The number of esters is 2. The van der Waals surface area contributed by atoms with Crippen molar-refractivity contribution in [2.24, 2.45) is 33.5 Å². The lowest BCUT2D eigenvalue weighted by Crippen LogP contribution is -2.75. The third-order valence-corrected chi connectivity index (χ3v) is 11.7. The molecule has 3 saturated carbocycles. The maximum atomic E-state index is 13.3. The van der Waals surface area contributed by atoms with Crippen LogP contribution >= 0.6 is 0 Å². The van der Waals surface area contributed by atoms with E-state index in [0.717, 1.165) is 12.0 Å². The highest BCUT2D eigenvalue weighted by atomic mass is 16.7. The Morgan fingerprint density at radius 1 is 1.06 bits per heavy atom. The van der Waals surface area contributed by atoms with Crippen molar-refractivity contribution in [2.45, 2.75) is 103 Å². The van der Waals surface area contributed by atoms with E-state index in [1.165, 1.54) is 6.92 Å². The first-order chi connectivity index (χ1) is 16.8. The van der Waals surface area contributed by atoms with E-state index >= 15 is 0 Å². The van der Waals surface area contributed by atoms with E-state index in [0.29, 0.717) is 19.3 Å². The van der Waals surface area contributed by atoms with Crippen LogP contribution in [0.3, 0.4) is 0 Å². The molecule has 0 bridgehead atoms. The molecule has 0 aromatic carbocycles. The monoisotopic (exact) mass is 502 g/mol. The number of ether oxygens (including phenoxy) is 3. The highest BCUT2D eigenvalue weighted by molar-refractivity contribution is 5.82. The number of furan rings is 1. The molecule has 198 valence electrons. The predicted octanol–water partition coefficient (Wildman–Crippen LogP) is 3.55. The van der Waals surface area contributed by atoms with Crippen LogP contribution in [0, 0.1) is 33.5 Å². The molecule has 5 aliphatic rings. The summed E-state index contributed by atoms with van der Waals surface area (Å²) in [5.41, 5.74) is -2.53. The highest BCUT2D eigenvalue weighted by Crippen LogP contribution is 2.80.